The van der Waals surface area contributed by atoms with Gasteiger partial charge in [-0.05, 0) is 32.7 Å². The Bertz CT molecular complexity index is 671. The molecule has 0 bridgehead atoms. The fourth-order valence-corrected chi connectivity index (χ4v) is 4.78. The Balaban J connectivity index is 1.44. The lowest BCUT2D eigenvalue weighted by Gasteiger charge is -2.48. The summed E-state index contributed by atoms with van der Waals surface area (Å²) in [5.41, 5.74) is 5.86. The fourth-order valence-electron chi connectivity index (χ4n) is 4.78. The maximum Gasteiger partial charge on any atom is 0.223 e. The SMILES string of the molecule is CC[C@H]1C[C@@H](O)CC2(CCN(c3cc(N4CCN(C)CC4)nc(N)n3)CC2)O1. The quantitative estimate of drug-likeness (QED) is 0.793. The Kier molecular flexibility index (Phi) is 5.62. The van der Waals surface area contributed by atoms with Crippen LogP contribution in [0.3, 0.4) is 0 Å². The molecule has 8 nitrogen and oxygen atoms in total. The van der Waals surface area contributed by atoms with Crippen LogP contribution in [0, 0.1) is 0 Å². The summed E-state index contributed by atoms with van der Waals surface area (Å²) in [6, 6.07) is 2.07. The van der Waals surface area contributed by atoms with Crippen LogP contribution in [0.5, 0.6) is 0 Å². The molecule has 3 saturated heterocycles. The Hall–Kier alpha value is -1.64. The molecular weight excluding hydrogens is 356 g/mol. The van der Waals surface area contributed by atoms with Gasteiger partial charge in [0.1, 0.15) is 11.6 Å². The van der Waals surface area contributed by atoms with Crippen molar-refractivity contribution in [2.75, 3.05) is 61.8 Å². The summed E-state index contributed by atoms with van der Waals surface area (Å²) in [6.45, 7) is 7.84. The van der Waals surface area contributed by atoms with E-state index in [0.29, 0.717) is 5.95 Å². The van der Waals surface area contributed by atoms with E-state index in [1.807, 2.05) is 0 Å². The van der Waals surface area contributed by atoms with E-state index in [0.717, 1.165) is 83.0 Å². The van der Waals surface area contributed by atoms with Crippen molar-refractivity contribution in [2.45, 2.75) is 56.8 Å². The maximum absolute atomic E-state index is 10.3. The van der Waals surface area contributed by atoms with Gasteiger partial charge in [-0.1, -0.05) is 6.92 Å². The van der Waals surface area contributed by atoms with Gasteiger partial charge in [0, 0.05) is 51.8 Å². The van der Waals surface area contributed by atoms with Crippen molar-refractivity contribution in [2.24, 2.45) is 0 Å². The summed E-state index contributed by atoms with van der Waals surface area (Å²) >= 11 is 0. The van der Waals surface area contributed by atoms with Crippen molar-refractivity contribution < 1.29 is 9.84 Å². The van der Waals surface area contributed by atoms with Crippen molar-refractivity contribution in [1.82, 2.24) is 14.9 Å². The topological polar surface area (TPSA) is 91.0 Å². The Labute approximate surface area is 167 Å². The number of aliphatic hydroxyl groups is 1. The largest absolute Gasteiger partial charge is 0.393 e. The molecule has 0 aromatic carbocycles. The second-order valence-electron chi connectivity index (χ2n) is 8.64. The lowest BCUT2D eigenvalue weighted by atomic mass is 9.81. The number of rotatable bonds is 3. The van der Waals surface area contributed by atoms with E-state index < -0.39 is 0 Å². The van der Waals surface area contributed by atoms with Crippen LogP contribution in [-0.4, -0.2) is 84.1 Å². The number of ether oxygens (including phenoxy) is 1. The van der Waals surface area contributed by atoms with Gasteiger partial charge in [0.2, 0.25) is 5.95 Å². The zero-order valence-electron chi connectivity index (χ0n) is 17.2. The number of hydrogen-bond acceptors (Lipinski definition) is 8. The van der Waals surface area contributed by atoms with E-state index in [4.69, 9.17) is 10.5 Å². The van der Waals surface area contributed by atoms with Crippen LogP contribution in [0.2, 0.25) is 0 Å². The molecule has 28 heavy (non-hydrogen) atoms. The van der Waals surface area contributed by atoms with Crippen molar-refractivity contribution in [3.63, 3.8) is 0 Å². The molecule has 4 rings (SSSR count). The highest BCUT2D eigenvalue weighted by Gasteiger charge is 2.43. The maximum atomic E-state index is 10.3. The zero-order valence-corrected chi connectivity index (χ0v) is 17.2. The lowest BCUT2D eigenvalue weighted by molar-refractivity contribution is -0.171. The molecule has 0 amide bonds. The minimum absolute atomic E-state index is 0.175. The monoisotopic (exact) mass is 390 g/mol. The van der Waals surface area contributed by atoms with Gasteiger partial charge in [-0.25, -0.2) is 0 Å². The highest BCUT2D eigenvalue weighted by atomic mass is 16.5. The highest BCUT2D eigenvalue weighted by Crippen LogP contribution is 2.39. The van der Waals surface area contributed by atoms with Gasteiger partial charge >= 0.3 is 0 Å². The first-order valence-corrected chi connectivity index (χ1v) is 10.7. The number of nitrogens with two attached hydrogens (primary N) is 1. The van der Waals surface area contributed by atoms with Crippen molar-refractivity contribution in [3.05, 3.63) is 6.07 Å². The van der Waals surface area contributed by atoms with Crippen LogP contribution in [0.25, 0.3) is 0 Å². The summed E-state index contributed by atoms with van der Waals surface area (Å²) in [6.07, 6.45) is 4.22. The van der Waals surface area contributed by atoms with Gasteiger partial charge in [-0.15, -0.1) is 0 Å². The number of nitrogens with zero attached hydrogens (tertiary/aromatic N) is 5. The number of hydrogen-bond donors (Lipinski definition) is 2. The molecule has 3 aliphatic rings. The van der Waals surface area contributed by atoms with Crippen LogP contribution in [0.15, 0.2) is 6.07 Å². The number of anilines is 3. The molecule has 0 unspecified atom stereocenters. The summed E-state index contributed by atoms with van der Waals surface area (Å²) in [4.78, 5) is 15.9. The third-order valence-electron chi connectivity index (χ3n) is 6.56. The van der Waals surface area contributed by atoms with Gasteiger partial charge in [0.15, 0.2) is 0 Å². The van der Waals surface area contributed by atoms with Crippen LogP contribution in [0.1, 0.15) is 39.0 Å². The van der Waals surface area contributed by atoms with Crippen LogP contribution < -0.4 is 15.5 Å². The Morgan fingerprint density at radius 2 is 1.71 bits per heavy atom. The number of aromatic nitrogens is 2. The van der Waals surface area contributed by atoms with Crippen molar-refractivity contribution in [3.8, 4) is 0 Å². The third-order valence-corrected chi connectivity index (χ3v) is 6.56. The molecule has 1 aromatic rings. The van der Waals surface area contributed by atoms with E-state index in [1.54, 1.807) is 0 Å². The van der Waals surface area contributed by atoms with E-state index in [1.165, 1.54) is 0 Å². The van der Waals surface area contributed by atoms with Crippen LogP contribution >= 0.6 is 0 Å². The molecule has 3 aliphatic heterocycles. The number of aliphatic hydroxyl groups excluding tert-OH is 1. The second-order valence-corrected chi connectivity index (χ2v) is 8.64. The van der Waals surface area contributed by atoms with Crippen molar-refractivity contribution >= 4 is 17.6 Å². The first-order chi connectivity index (χ1) is 13.5. The number of nitrogen functional groups attached to an aromatic ring is 1. The van der Waals surface area contributed by atoms with Gasteiger partial charge in [0.05, 0.1) is 17.8 Å². The molecule has 0 saturated carbocycles. The van der Waals surface area contributed by atoms with Crippen LogP contribution in [0.4, 0.5) is 17.6 Å². The molecule has 3 fully saturated rings. The van der Waals surface area contributed by atoms with Gasteiger partial charge in [0.25, 0.3) is 0 Å². The number of piperidine rings is 1. The standard InChI is InChI=1S/C20H34N6O2/c1-3-16-12-15(27)14-20(28-16)4-6-25(7-5-20)17-13-18(23-19(21)22-17)26-10-8-24(2)9-11-26/h13,15-16,27H,3-12,14H2,1-2H3,(H2,21,22,23)/t15-,16+/m1/s1. The fraction of sp³-hybridized carbons (Fsp3) is 0.800. The van der Waals surface area contributed by atoms with Crippen LogP contribution in [-0.2, 0) is 4.74 Å². The minimum Gasteiger partial charge on any atom is -0.393 e. The molecule has 1 aromatic heterocycles. The molecule has 156 valence electrons. The average Bonchev–Trinajstić information content (AvgIpc) is 2.68. The molecule has 8 heteroatoms. The highest BCUT2D eigenvalue weighted by molar-refractivity contribution is 5.54. The van der Waals surface area contributed by atoms with E-state index in [-0.39, 0.29) is 17.8 Å². The minimum atomic E-state index is -0.246. The molecule has 1 spiro atoms. The third kappa shape index (κ3) is 4.18. The molecule has 2 atom stereocenters. The normalized spacial score (nSPS) is 28.7. The number of likely N-dealkylation sites (N-methyl/N-ethyl adjacent to an activating group) is 1. The predicted molar refractivity (Wildman–Crippen MR) is 111 cm³/mol. The van der Waals surface area contributed by atoms with E-state index in [9.17, 15) is 5.11 Å². The average molecular weight is 391 g/mol. The molecular formula is C20H34N6O2. The predicted octanol–water partition coefficient (Wildman–Crippen LogP) is 1.10. The van der Waals surface area contributed by atoms with Gasteiger partial charge < -0.3 is 30.3 Å². The first-order valence-electron chi connectivity index (χ1n) is 10.7. The summed E-state index contributed by atoms with van der Waals surface area (Å²) < 4.78 is 6.41. The van der Waals surface area contributed by atoms with Crippen molar-refractivity contribution in [1.29, 1.82) is 0 Å². The first kappa shape index (κ1) is 19.7. The molecule has 0 radical (unpaired) electrons. The van der Waals surface area contributed by atoms with Gasteiger partial charge in [-0.3, -0.25) is 0 Å². The van der Waals surface area contributed by atoms with E-state index in [2.05, 4.69) is 44.7 Å². The summed E-state index contributed by atoms with van der Waals surface area (Å²) in [5, 5.41) is 10.3. The second kappa shape index (κ2) is 8.00. The zero-order chi connectivity index (χ0) is 19.7. The van der Waals surface area contributed by atoms with E-state index >= 15 is 0 Å². The summed E-state index contributed by atoms with van der Waals surface area (Å²) in [7, 11) is 2.15. The molecule has 4 heterocycles. The van der Waals surface area contributed by atoms with Gasteiger partial charge in [-0.2, -0.15) is 9.97 Å². The summed E-state index contributed by atoms with van der Waals surface area (Å²) in [5.74, 6) is 2.16. The Morgan fingerprint density at radius 3 is 2.32 bits per heavy atom. The number of piperazine rings is 1. The Morgan fingerprint density at radius 1 is 1.11 bits per heavy atom. The molecule has 3 N–H and O–H groups in total. The molecule has 0 aliphatic carbocycles. The smallest absolute Gasteiger partial charge is 0.223 e. The lowest BCUT2D eigenvalue weighted by Crippen LogP contribution is -2.53.